The number of carbonyl (C=O) groups is 1. The maximum atomic E-state index is 12.9. The molecule has 0 spiro atoms. The van der Waals surface area contributed by atoms with Gasteiger partial charge in [-0.15, -0.1) is 0 Å². The van der Waals surface area contributed by atoms with Crippen molar-refractivity contribution in [2.75, 3.05) is 45.8 Å². The van der Waals surface area contributed by atoms with Crippen LogP contribution in [0.5, 0.6) is 0 Å². The van der Waals surface area contributed by atoms with E-state index < -0.39 is 22.7 Å². The van der Waals surface area contributed by atoms with Gasteiger partial charge in [-0.25, -0.2) is 13.4 Å². The fourth-order valence-corrected chi connectivity index (χ4v) is 5.48. The van der Waals surface area contributed by atoms with Crippen LogP contribution >= 0.6 is 0 Å². The molecule has 170 valence electrons. The third-order valence-electron chi connectivity index (χ3n) is 5.80. The number of amides is 1. The van der Waals surface area contributed by atoms with Crippen LogP contribution in [0.15, 0.2) is 11.2 Å². The summed E-state index contributed by atoms with van der Waals surface area (Å²) in [5, 5.41) is 0.00421. The molecule has 0 bridgehead atoms. The number of aryl methyl sites for hydroxylation is 2. The molecule has 1 aromatic rings. The van der Waals surface area contributed by atoms with Crippen LogP contribution in [0.25, 0.3) is 0 Å². The Hall–Kier alpha value is -1.66. The van der Waals surface area contributed by atoms with Gasteiger partial charge in [0.15, 0.2) is 5.03 Å². The van der Waals surface area contributed by atoms with Gasteiger partial charge in [0.2, 0.25) is 5.91 Å². The average Bonchev–Trinajstić information content (AvgIpc) is 2.87. The second-order valence-corrected chi connectivity index (χ2v) is 9.87. The third kappa shape index (κ3) is 5.33. The van der Waals surface area contributed by atoms with Crippen LogP contribution in [-0.2, 0) is 21.9 Å². The number of nitrogens with zero attached hydrogens (tertiary/aromatic N) is 5. The van der Waals surface area contributed by atoms with Crippen molar-refractivity contribution in [2.24, 2.45) is 13.0 Å². The Morgan fingerprint density at radius 1 is 1.13 bits per heavy atom. The van der Waals surface area contributed by atoms with Gasteiger partial charge in [-0.2, -0.15) is 17.5 Å². The number of rotatable bonds is 4. The minimum absolute atomic E-state index is 0.00421. The molecule has 2 fully saturated rings. The summed E-state index contributed by atoms with van der Waals surface area (Å²) >= 11 is 0. The van der Waals surface area contributed by atoms with E-state index in [-0.39, 0.29) is 43.0 Å². The summed E-state index contributed by atoms with van der Waals surface area (Å²) in [6.07, 6.45) is -1.48. The Labute approximate surface area is 174 Å². The first kappa shape index (κ1) is 23.0. The lowest BCUT2D eigenvalue weighted by molar-refractivity contribution is -0.145. The molecule has 3 rings (SSSR count). The quantitative estimate of drug-likeness (QED) is 0.688. The minimum Gasteiger partial charge on any atom is -0.341 e. The Morgan fingerprint density at radius 2 is 1.80 bits per heavy atom. The van der Waals surface area contributed by atoms with Crippen LogP contribution in [0, 0.1) is 12.8 Å². The lowest BCUT2D eigenvalue weighted by Gasteiger charge is -2.33. The normalized spacial score (nSPS) is 21.0. The fraction of sp³-hybridized carbons (Fsp3) is 0.778. The second-order valence-electron chi connectivity index (χ2n) is 7.99. The predicted octanol–water partition coefficient (Wildman–Crippen LogP) is 1.23. The molecule has 8 nitrogen and oxygen atoms in total. The van der Waals surface area contributed by atoms with Crippen molar-refractivity contribution >= 4 is 15.9 Å². The number of halogens is 3. The third-order valence-corrected chi connectivity index (χ3v) is 7.57. The molecule has 0 radical (unpaired) electrons. The van der Waals surface area contributed by atoms with Gasteiger partial charge in [-0.1, -0.05) is 0 Å². The number of alkyl halides is 3. The van der Waals surface area contributed by atoms with Crippen molar-refractivity contribution in [3.8, 4) is 0 Å². The molecule has 0 unspecified atom stereocenters. The Bertz CT molecular complexity index is 843. The molecule has 0 atom stereocenters. The van der Waals surface area contributed by atoms with Crippen molar-refractivity contribution in [1.82, 2.24) is 23.7 Å². The first-order chi connectivity index (χ1) is 14.0. The summed E-state index contributed by atoms with van der Waals surface area (Å²) in [7, 11) is -1.98. The van der Waals surface area contributed by atoms with Crippen LogP contribution in [0.1, 0.15) is 25.1 Å². The van der Waals surface area contributed by atoms with E-state index in [1.807, 2.05) is 0 Å². The smallest absolute Gasteiger partial charge is 0.341 e. The maximum absolute atomic E-state index is 12.9. The molecule has 0 aromatic carbocycles. The topological polar surface area (TPSA) is 78.8 Å². The summed E-state index contributed by atoms with van der Waals surface area (Å²) in [5.74, 6) is 0.199. The largest absolute Gasteiger partial charge is 0.401 e. The summed E-state index contributed by atoms with van der Waals surface area (Å²) in [6, 6.07) is 0. The first-order valence-corrected chi connectivity index (χ1v) is 11.5. The van der Waals surface area contributed by atoms with E-state index in [1.54, 1.807) is 23.4 Å². The molecule has 2 aliphatic heterocycles. The average molecular weight is 452 g/mol. The number of carbonyl (C=O) groups excluding carboxylic acids is 1. The van der Waals surface area contributed by atoms with E-state index in [1.165, 1.54) is 15.4 Å². The van der Waals surface area contributed by atoms with E-state index in [0.717, 1.165) is 0 Å². The second kappa shape index (κ2) is 8.83. The van der Waals surface area contributed by atoms with Gasteiger partial charge in [0.25, 0.3) is 10.0 Å². The van der Waals surface area contributed by atoms with Gasteiger partial charge in [0.1, 0.15) is 5.82 Å². The van der Waals surface area contributed by atoms with Gasteiger partial charge in [-0.3, -0.25) is 9.69 Å². The zero-order valence-corrected chi connectivity index (χ0v) is 18.0. The lowest BCUT2D eigenvalue weighted by Crippen LogP contribution is -2.45. The highest BCUT2D eigenvalue weighted by atomic mass is 32.2. The Kier molecular flexibility index (Phi) is 6.78. The number of aromatic nitrogens is 2. The molecule has 2 aliphatic rings. The van der Waals surface area contributed by atoms with Crippen molar-refractivity contribution < 1.29 is 26.4 Å². The minimum atomic E-state index is -4.25. The van der Waals surface area contributed by atoms with Gasteiger partial charge < -0.3 is 9.47 Å². The number of piperidine rings is 1. The number of hydrogen-bond donors (Lipinski definition) is 0. The summed E-state index contributed by atoms with van der Waals surface area (Å²) in [5.41, 5.74) is 0. The zero-order valence-electron chi connectivity index (χ0n) is 17.2. The lowest BCUT2D eigenvalue weighted by atomic mass is 9.96. The molecular formula is C18H28F3N5O3S. The van der Waals surface area contributed by atoms with E-state index in [4.69, 9.17) is 0 Å². The number of hydrogen-bond acceptors (Lipinski definition) is 5. The highest BCUT2D eigenvalue weighted by Gasteiger charge is 2.36. The molecule has 3 heterocycles. The predicted molar refractivity (Wildman–Crippen MR) is 103 cm³/mol. The molecule has 2 saturated heterocycles. The monoisotopic (exact) mass is 451 g/mol. The van der Waals surface area contributed by atoms with Crippen molar-refractivity contribution in [3.63, 3.8) is 0 Å². The van der Waals surface area contributed by atoms with Crippen LogP contribution in [-0.4, -0.2) is 90.0 Å². The Balaban J connectivity index is 1.55. The molecule has 30 heavy (non-hydrogen) atoms. The molecular weight excluding hydrogens is 423 g/mol. The SMILES string of the molecule is Cc1nc(S(=O)(=O)N2CCC(C(=O)N3CCCN(CC(F)(F)F)CC3)CC2)cn1C. The van der Waals surface area contributed by atoms with Gasteiger partial charge in [-0.05, 0) is 26.2 Å². The molecule has 0 N–H and O–H groups in total. The maximum Gasteiger partial charge on any atom is 0.401 e. The highest BCUT2D eigenvalue weighted by molar-refractivity contribution is 7.89. The summed E-state index contributed by atoms with van der Waals surface area (Å²) in [4.78, 5) is 19.9. The van der Waals surface area contributed by atoms with E-state index >= 15 is 0 Å². The van der Waals surface area contributed by atoms with Crippen LogP contribution in [0.4, 0.5) is 13.2 Å². The van der Waals surface area contributed by atoms with Gasteiger partial charge >= 0.3 is 6.18 Å². The Morgan fingerprint density at radius 3 is 2.37 bits per heavy atom. The molecule has 12 heteroatoms. The zero-order chi connectivity index (χ0) is 22.1. The van der Waals surface area contributed by atoms with Gasteiger partial charge in [0.05, 0.1) is 6.54 Å². The summed E-state index contributed by atoms with van der Waals surface area (Å²) in [6.45, 7) is 2.41. The van der Waals surface area contributed by atoms with E-state index in [2.05, 4.69) is 4.98 Å². The first-order valence-electron chi connectivity index (χ1n) is 10.1. The van der Waals surface area contributed by atoms with Crippen molar-refractivity contribution in [2.45, 2.75) is 37.4 Å². The van der Waals surface area contributed by atoms with E-state index in [0.29, 0.717) is 38.2 Å². The van der Waals surface area contributed by atoms with E-state index in [9.17, 15) is 26.4 Å². The van der Waals surface area contributed by atoms with Crippen LogP contribution < -0.4 is 0 Å². The molecule has 0 aliphatic carbocycles. The molecule has 0 saturated carbocycles. The molecule has 1 aromatic heterocycles. The van der Waals surface area contributed by atoms with Gasteiger partial charge in [0, 0.05) is 58.4 Å². The van der Waals surface area contributed by atoms with Crippen molar-refractivity contribution in [1.29, 1.82) is 0 Å². The standard InChI is InChI=1S/C18H28F3N5O3S/c1-14-22-16(12-23(14)2)30(28,29)26-8-4-15(5-9-26)17(27)25-7-3-6-24(10-11-25)13-18(19,20)21/h12,15H,3-11,13H2,1-2H3. The van der Waals surface area contributed by atoms with Crippen LogP contribution in [0.3, 0.4) is 0 Å². The molecule has 1 amide bonds. The highest BCUT2D eigenvalue weighted by Crippen LogP contribution is 2.25. The summed E-state index contributed by atoms with van der Waals surface area (Å²) < 4.78 is 66.4. The van der Waals surface area contributed by atoms with Crippen LogP contribution in [0.2, 0.25) is 0 Å². The number of sulfonamides is 1. The van der Waals surface area contributed by atoms with Crippen molar-refractivity contribution in [3.05, 3.63) is 12.0 Å². The fourth-order valence-electron chi connectivity index (χ4n) is 3.99. The number of imidazole rings is 1.